The standard InChI is InChI=1S/C18H13Br2NO3S/c1-10-4-2-3-5-12(10)9-21-17(23)15(25-18(21)24)8-11-6-13(19)16(22)14(20)7-11/h2-8,22H,9H2,1H3/b15-8-. The van der Waals surface area contributed by atoms with Crippen LogP contribution in [0.3, 0.4) is 0 Å². The first-order chi connectivity index (χ1) is 11.9. The van der Waals surface area contributed by atoms with Gasteiger partial charge >= 0.3 is 0 Å². The van der Waals surface area contributed by atoms with E-state index < -0.39 is 0 Å². The van der Waals surface area contributed by atoms with Crippen molar-refractivity contribution in [1.82, 2.24) is 4.90 Å². The summed E-state index contributed by atoms with van der Waals surface area (Å²) in [5, 5.41) is 9.49. The summed E-state index contributed by atoms with van der Waals surface area (Å²) in [6, 6.07) is 11.1. The Labute approximate surface area is 166 Å². The van der Waals surface area contributed by atoms with E-state index in [0.29, 0.717) is 19.4 Å². The van der Waals surface area contributed by atoms with Crippen LogP contribution in [0.4, 0.5) is 4.79 Å². The number of aromatic hydroxyl groups is 1. The lowest BCUT2D eigenvalue weighted by molar-refractivity contribution is -0.123. The van der Waals surface area contributed by atoms with Crippen molar-refractivity contribution in [2.24, 2.45) is 0 Å². The predicted molar refractivity (Wildman–Crippen MR) is 106 cm³/mol. The monoisotopic (exact) mass is 481 g/mol. The number of hydrogen-bond acceptors (Lipinski definition) is 4. The third kappa shape index (κ3) is 3.83. The van der Waals surface area contributed by atoms with Gasteiger partial charge in [-0.3, -0.25) is 14.5 Å². The Bertz CT molecular complexity index is 888. The number of halogens is 2. The number of rotatable bonds is 3. The molecule has 4 nitrogen and oxygen atoms in total. The number of phenols is 1. The third-order valence-electron chi connectivity index (χ3n) is 3.80. The van der Waals surface area contributed by atoms with E-state index in [2.05, 4.69) is 31.9 Å². The Hall–Kier alpha value is -1.57. The van der Waals surface area contributed by atoms with Gasteiger partial charge in [0.2, 0.25) is 0 Å². The maximum atomic E-state index is 12.6. The molecule has 0 spiro atoms. The van der Waals surface area contributed by atoms with Crippen LogP contribution < -0.4 is 0 Å². The number of phenolic OH excluding ortho intramolecular Hbond substituents is 1. The number of aryl methyl sites for hydroxylation is 1. The van der Waals surface area contributed by atoms with Crippen LogP contribution >= 0.6 is 43.6 Å². The first kappa shape index (κ1) is 18.2. The third-order valence-corrected chi connectivity index (χ3v) is 5.92. The topological polar surface area (TPSA) is 57.6 Å². The Balaban J connectivity index is 1.87. The molecule has 7 heteroatoms. The van der Waals surface area contributed by atoms with E-state index in [-0.39, 0.29) is 23.4 Å². The van der Waals surface area contributed by atoms with Crippen LogP contribution in [0.25, 0.3) is 6.08 Å². The molecule has 25 heavy (non-hydrogen) atoms. The second-order valence-corrected chi connectivity index (χ2v) is 8.23. The predicted octanol–water partition coefficient (Wildman–Crippen LogP) is 5.46. The molecule has 0 aromatic heterocycles. The summed E-state index contributed by atoms with van der Waals surface area (Å²) in [6.45, 7) is 2.22. The van der Waals surface area contributed by atoms with Crippen LogP contribution in [-0.2, 0) is 11.3 Å². The fourth-order valence-electron chi connectivity index (χ4n) is 2.41. The molecule has 0 unspecified atom stereocenters. The van der Waals surface area contributed by atoms with E-state index in [1.807, 2.05) is 31.2 Å². The molecule has 1 aliphatic rings. The minimum absolute atomic E-state index is 0.0878. The number of imide groups is 1. The molecule has 2 aromatic rings. The fourth-order valence-corrected chi connectivity index (χ4v) is 4.47. The summed E-state index contributed by atoms with van der Waals surface area (Å²) in [5.74, 6) is -0.219. The molecule has 0 radical (unpaired) electrons. The molecule has 1 saturated heterocycles. The van der Waals surface area contributed by atoms with Gasteiger partial charge in [-0.2, -0.15) is 0 Å². The number of carbonyl (C=O) groups excluding carboxylic acids is 2. The highest BCUT2D eigenvalue weighted by Gasteiger charge is 2.35. The summed E-state index contributed by atoms with van der Waals surface area (Å²) in [5.41, 5.74) is 2.69. The molecule has 1 N–H and O–H groups in total. The van der Waals surface area contributed by atoms with Crippen molar-refractivity contribution in [2.75, 3.05) is 0 Å². The van der Waals surface area contributed by atoms with Gasteiger partial charge < -0.3 is 5.11 Å². The molecule has 2 aromatic carbocycles. The van der Waals surface area contributed by atoms with Crippen molar-refractivity contribution in [3.63, 3.8) is 0 Å². The van der Waals surface area contributed by atoms with Gasteiger partial charge in [0, 0.05) is 0 Å². The highest BCUT2D eigenvalue weighted by Crippen LogP contribution is 2.37. The molecule has 0 aliphatic carbocycles. The number of benzene rings is 2. The SMILES string of the molecule is Cc1ccccc1CN1C(=O)S/C(=C\c2cc(Br)c(O)c(Br)c2)C1=O. The summed E-state index contributed by atoms with van der Waals surface area (Å²) < 4.78 is 1.01. The molecule has 1 aliphatic heterocycles. The zero-order chi connectivity index (χ0) is 18.1. The van der Waals surface area contributed by atoms with Gasteiger partial charge in [-0.05, 0) is 85.4 Å². The van der Waals surface area contributed by atoms with E-state index in [0.717, 1.165) is 22.9 Å². The van der Waals surface area contributed by atoms with E-state index in [1.165, 1.54) is 4.90 Å². The summed E-state index contributed by atoms with van der Waals surface area (Å²) in [4.78, 5) is 26.5. The van der Waals surface area contributed by atoms with Gasteiger partial charge in [0.05, 0.1) is 20.4 Å². The van der Waals surface area contributed by atoms with Gasteiger partial charge in [0.25, 0.3) is 11.1 Å². The van der Waals surface area contributed by atoms with E-state index in [1.54, 1.807) is 18.2 Å². The molecular formula is C18H13Br2NO3S. The van der Waals surface area contributed by atoms with Crippen LogP contribution in [0.2, 0.25) is 0 Å². The van der Waals surface area contributed by atoms with Gasteiger partial charge in [-0.15, -0.1) is 0 Å². The lowest BCUT2D eigenvalue weighted by Crippen LogP contribution is -2.27. The van der Waals surface area contributed by atoms with E-state index in [4.69, 9.17) is 0 Å². The number of amides is 2. The van der Waals surface area contributed by atoms with Crippen molar-refractivity contribution >= 4 is 60.8 Å². The van der Waals surface area contributed by atoms with E-state index in [9.17, 15) is 14.7 Å². The zero-order valence-corrected chi connectivity index (χ0v) is 17.1. The minimum atomic E-state index is -0.307. The lowest BCUT2D eigenvalue weighted by Gasteiger charge is -2.14. The second kappa shape index (κ2) is 7.35. The number of thioether (sulfide) groups is 1. The van der Waals surface area contributed by atoms with Crippen molar-refractivity contribution < 1.29 is 14.7 Å². The van der Waals surface area contributed by atoms with Crippen molar-refractivity contribution in [3.05, 3.63) is 66.9 Å². The molecule has 2 amide bonds. The first-order valence-corrected chi connectivity index (χ1v) is 9.75. The van der Waals surface area contributed by atoms with Gasteiger partial charge in [0.15, 0.2) is 0 Å². The molecule has 0 bridgehead atoms. The average molecular weight is 483 g/mol. The van der Waals surface area contributed by atoms with Crippen molar-refractivity contribution in [2.45, 2.75) is 13.5 Å². The van der Waals surface area contributed by atoms with E-state index >= 15 is 0 Å². The molecule has 1 heterocycles. The van der Waals surface area contributed by atoms with Crippen molar-refractivity contribution in [1.29, 1.82) is 0 Å². The normalized spacial score (nSPS) is 16.1. The number of nitrogens with zero attached hydrogens (tertiary/aromatic N) is 1. The fraction of sp³-hybridized carbons (Fsp3) is 0.111. The second-order valence-electron chi connectivity index (χ2n) is 5.53. The highest BCUT2D eigenvalue weighted by atomic mass is 79.9. The van der Waals surface area contributed by atoms with Crippen LogP contribution in [0.5, 0.6) is 5.75 Å². The first-order valence-electron chi connectivity index (χ1n) is 7.34. The minimum Gasteiger partial charge on any atom is -0.506 e. The highest BCUT2D eigenvalue weighted by molar-refractivity contribution is 9.11. The Morgan fingerprint density at radius 3 is 2.44 bits per heavy atom. The largest absolute Gasteiger partial charge is 0.506 e. The average Bonchev–Trinajstić information content (AvgIpc) is 2.82. The summed E-state index contributed by atoms with van der Waals surface area (Å²) >= 11 is 7.44. The number of carbonyl (C=O) groups is 2. The Morgan fingerprint density at radius 1 is 1.16 bits per heavy atom. The molecule has 128 valence electrons. The lowest BCUT2D eigenvalue weighted by atomic mass is 10.1. The van der Waals surface area contributed by atoms with Gasteiger partial charge in [0.1, 0.15) is 5.75 Å². The zero-order valence-electron chi connectivity index (χ0n) is 13.1. The summed E-state index contributed by atoms with van der Waals surface area (Å²) in [6.07, 6.45) is 1.65. The van der Waals surface area contributed by atoms with Gasteiger partial charge in [-0.1, -0.05) is 24.3 Å². The molecule has 1 fully saturated rings. The van der Waals surface area contributed by atoms with Gasteiger partial charge in [-0.25, -0.2) is 0 Å². The maximum absolute atomic E-state index is 12.6. The van der Waals surface area contributed by atoms with Crippen LogP contribution in [0.15, 0.2) is 50.2 Å². The summed E-state index contributed by atoms with van der Waals surface area (Å²) in [7, 11) is 0. The maximum Gasteiger partial charge on any atom is 0.293 e. The number of hydrogen-bond donors (Lipinski definition) is 1. The van der Waals surface area contributed by atoms with Crippen molar-refractivity contribution in [3.8, 4) is 5.75 Å². The Morgan fingerprint density at radius 2 is 1.80 bits per heavy atom. The Kier molecular flexibility index (Phi) is 5.36. The van der Waals surface area contributed by atoms with Crippen LogP contribution in [0.1, 0.15) is 16.7 Å². The molecular weight excluding hydrogens is 470 g/mol. The molecule has 0 atom stereocenters. The smallest absolute Gasteiger partial charge is 0.293 e. The van der Waals surface area contributed by atoms with Crippen LogP contribution in [0, 0.1) is 6.92 Å². The molecule has 0 saturated carbocycles. The van der Waals surface area contributed by atoms with Crippen LogP contribution in [-0.4, -0.2) is 21.2 Å². The quantitative estimate of drug-likeness (QED) is 0.590. The molecule has 3 rings (SSSR count).